The second-order valence-electron chi connectivity index (χ2n) is 4.28. The fourth-order valence-corrected chi connectivity index (χ4v) is 2.09. The van der Waals surface area contributed by atoms with E-state index >= 15 is 0 Å². The van der Waals surface area contributed by atoms with Gasteiger partial charge in [0.2, 0.25) is 0 Å². The lowest BCUT2D eigenvalue weighted by Gasteiger charge is -2.11. The number of carbonyl (C=O) groups excluding carboxylic acids is 1. The van der Waals surface area contributed by atoms with Crippen molar-refractivity contribution < 1.29 is 13.9 Å². The maximum absolute atomic E-state index is 12.8. The molecule has 0 heterocycles. The SMILES string of the molecule is COc1ccc(Br)cc1NC(=O)NCc1ccc(F)cc1. The van der Waals surface area contributed by atoms with Gasteiger partial charge < -0.3 is 15.4 Å². The molecule has 0 radical (unpaired) electrons. The first-order valence-corrected chi connectivity index (χ1v) is 7.00. The van der Waals surface area contributed by atoms with Crippen LogP contribution in [0.1, 0.15) is 5.56 Å². The molecular weight excluding hydrogens is 339 g/mol. The molecule has 2 N–H and O–H groups in total. The first kappa shape index (κ1) is 15.3. The summed E-state index contributed by atoms with van der Waals surface area (Å²) in [4.78, 5) is 11.9. The Bertz CT molecular complexity index is 632. The van der Waals surface area contributed by atoms with Crippen molar-refractivity contribution in [3.63, 3.8) is 0 Å². The van der Waals surface area contributed by atoms with E-state index in [-0.39, 0.29) is 11.8 Å². The van der Waals surface area contributed by atoms with Gasteiger partial charge in [0.1, 0.15) is 11.6 Å². The van der Waals surface area contributed by atoms with E-state index in [1.165, 1.54) is 19.2 Å². The zero-order valence-electron chi connectivity index (χ0n) is 11.3. The number of ether oxygens (including phenoxy) is 1. The Morgan fingerprint density at radius 3 is 2.62 bits per heavy atom. The zero-order valence-corrected chi connectivity index (χ0v) is 12.9. The van der Waals surface area contributed by atoms with Crippen LogP contribution < -0.4 is 15.4 Å². The van der Waals surface area contributed by atoms with Crippen molar-refractivity contribution in [2.75, 3.05) is 12.4 Å². The number of hydrogen-bond acceptors (Lipinski definition) is 2. The molecule has 0 saturated carbocycles. The van der Waals surface area contributed by atoms with Gasteiger partial charge in [-0.3, -0.25) is 0 Å². The molecule has 0 aliphatic carbocycles. The second kappa shape index (κ2) is 7.08. The van der Waals surface area contributed by atoms with Gasteiger partial charge in [-0.1, -0.05) is 28.1 Å². The topological polar surface area (TPSA) is 50.4 Å². The molecule has 4 nitrogen and oxygen atoms in total. The standard InChI is InChI=1S/C15H14BrFN2O2/c1-21-14-7-4-11(16)8-13(14)19-15(20)18-9-10-2-5-12(17)6-3-10/h2-8H,9H2,1H3,(H2,18,19,20). The number of carbonyl (C=O) groups is 1. The number of benzene rings is 2. The summed E-state index contributed by atoms with van der Waals surface area (Å²) < 4.78 is 18.8. The molecule has 2 rings (SSSR count). The highest BCUT2D eigenvalue weighted by molar-refractivity contribution is 9.10. The first-order valence-electron chi connectivity index (χ1n) is 6.21. The third kappa shape index (κ3) is 4.46. The van der Waals surface area contributed by atoms with Gasteiger partial charge in [-0.05, 0) is 35.9 Å². The molecule has 0 atom stereocenters. The average Bonchev–Trinajstić information content (AvgIpc) is 2.47. The molecule has 110 valence electrons. The Morgan fingerprint density at radius 2 is 1.95 bits per heavy atom. The van der Waals surface area contributed by atoms with Gasteiger partial charge in [0.05, 0.1) is 12.8 Å². The smallest absolute Gasteiger partial charge is 0.319 e. The number of rotatable bonds is 4. The van der Waals surface area contributed by atoms with Crippen molar-refractivity contribution in [1.82, 2.24) is 5.32 Å². The molecule has 0 unspecified atom stereocenters. The van der Waals surface area contributed by atoms with E-state index in [2.05, 4.69) is 26.6 Å². The van der Waals surface area contributed by atoms with E-state index in [4.69, 9.17) is 4.74 Å². The largest absolute Gasteiger partial charge is 0.495 e. The van der Waals surface area contributed by atoms with Gasteiger partial charge in [-0.2, -0.15) is 0 Å². The Kier molecular flexibility index (Phi) is 5.16. The van der Waals surface area contributed by atoms with E-state index in [1.807, 2.05) is 6.07 Å². The molecule has 0 saturated heterocycles. The molecule has 2 amide bonds. The third-order valence-corrected chi connectivity index (χ3v) is 3.27. The fourth-order valence-electron chi connectivity index (χ4n) is 1.73. The minimum atomic E-state index is -0.365. The summed E-state index contributed by atoms with van der Waals surface area (Å²) in [6.07, 6.45) is 0. The number of anilines is 1. The maximum atomic E-state index is 12.8. The molecule has 21 heavy (non-hydrogen) atoms. The van der Waals surface area contributed by atoms with Crippen LogP contribution in [0.4, 0.5) is 14.9 Å². The number of methoxy groups -OCH3 is 1. The molecule has 0 aliphatic rings. The van der Waals surface area contributed by atoms with Crippen molar-refractivity contribution in [3.05, 3.63) is 58.3 Å². The third-order valence-electron chi connectivity index (χ3n) is 2.78. The zero-order chi connectivity index (χ0) is 15.2. The van der Waals surface area contributed by atoms with Crippen LogP contribution in [0.25, 0.3) is 0 Å². The van der Waals surface area contributed by atoms with Gasteiger partial charge in [0, 0.05) is 11.0 Å². The monoisotopic (exact) mass is 352 g/mol. The van der Waals surface area contributed by atoms with Crippen LogP contribution in [0.5, 0.6) is 5.75 Å². The molecular formula is C15H14BrFN2O2. The number of hydrogen-bond donors (Lipinski definition) is 2. The van der Waals surface area contributed by atoms with Crippen LogP contribution >= 0.6 is 15.9 Å². The summed E-state index contributed by atoms with van der Waals surface area (Å²) in [5.41, 5.74) is 1.37. The second-order valence-corrected chi connectivity index (χ2v) is 5.19. The minimum absolute atomic E-state index is 0.304. The Morgan fingerprint density at radius 1 is 1.24 bits per heavy atom. The van der Waals surface area contributed by atoms with E-state index < -0.39 is 0 Å². The van der Waals surface area contributed by atoms with Crippen LogP contribution in [0.15, 0.2) is 46.9 Å². The lowest BCUT2D eigenvalue weighted by Crippen LogP contribution is -2.28. The van der Waals surface area contributed by atoms with Gasteiger partial charge in [-0.25, -0.2) is 9.18 Å². The molecule has 2 aromatic carbocycles. The average molecular weight is 353 g/mol. The molecule has 0 bridgehead atoms. The molecule has 0 spiro atoms. The van der Waals surface area contributed by atoms with Gasteiger partial charge >= 0.3 is 6.03 Å². The predicted molar refractivity (Wildman–Crippen MR) is 83.0 cm³/mol. The van der Waals surface area contributed by atoms with E-state index in [9.17, 15) is 9.18 Å². The summed E-state index contributed by atoms with van der Waals surface area (Å²) >= 11 is 3.34. The van der Waals surface area contributed by atoms with Gasteiger partial charge in [0.25, 0.3) is 0 Å². The molecule has 0 aliphatic heterocycles. The van der Waals surface area contributed by atoms with Gasteiger partial charge in [0.15, 0.2) is 0 Å². The minimum Gasteiger partial charge on any atom is -0.495 e. The van der Waals surface area contributed by atoms with Crippen molar-refractivity contribution in [3.8, 4) is 5.75 Å². The van der Waals surface area contributed by atoms with E-state index in [0.29, 0.717) is 18.0 Å². The highest BCUT2D eigenvalue weighted by Gasteiger charge is 2.07. The molecule has 0 aromatic heterocycles. The first-order chi connectivity index (χ1) is 10.1. The Labute approximate surface area is 130 Å². The fraction of sp³-hybridized carbons (Fsp3) is 0.133. The van der Waals surface area contributed by atoms with Crippen molar-refractivity contribution in [1.29, 1.82) is 0 Å². The summed E-state index contributed by atoms with van der Waals surface area (Å²) in [6.45, 7) is 0.308. The van der Waals surface area contributed by atoms with Crippen molar-refractivity contribution >= 4 is 27.6 Å². The summed E-state index contributed by atoms with van der Waals surface area (Å²) in [6, 6.07) is 10.9. The van der Waals surface area contributed by atoms with Crippen LogP contribution in [0.2, 0.25) is 0 Å². The number of halogens is 2. The molecule has 0 fully saturated rings. The van der Waals surface area contributed by atoms with Crippen molar-refractivity contribution in [2.45, 2.75) is 6.54 Å². The normalized spacial score (nSPS) is 10.0. The quantitative estimate of drug-likeness (QED) is 0.876. The summed E-state index contributed by atoms with van der Waals surface area (Å²) in [7, 11) is 1.53. The van der Waals surface area contributed by atoms with Crippen molar-refractivity contribution in [2.24, 2.45) is 0 Å². The van der Waals surface area contributed by atoms with Crippen LogP contribution in [0.3, 0.4) is 0 Å². The Balaban J connectivity index is 1.95. The number of urea groups is 1. The van der Waals surface area contributed by atoms with Crippen LogP contribution in [0, 0.1) is 5.82 Å². The highest BCUT2D eigenvalue weighted by atomic mass is 79.9. The Hall–Kier alpha value is -2.08. The summed E-state index contributed by atoms with van der Waals surface area (Å²) in [5, 5.41) is 5.40. The lowest BCUT2D eigenvalue weighted by atomic mass is 10.2. The molecule has 6 heteroatoms. The van der Waals surface area contributed by atoms with Crippen LogP contribution in [-0.4, -0.2) is 13.1 Å². The summed E-state index contributed by atoms with van der Waals surface area (Å²) in [5.74, 6) is 0.261. The van der Waals surface area contributed by atoms with E-state index in [1.54, 1.807) is 24.3 Å². The maximum Gasteiger partial charge on any atom is 0.319 e. The predicted octanol–water partition coefficient (Wildman–Crippen LogP) is 3.92. The molecule has 2 aromatic rings. The number of amides is 2. The van der Waals surface area contributed by atoms with E-state index in [0.717, 1.165) is 10.0 Å². The number of nitrogens with one attached hydrogen (secondary N) is 2. The van der Waals surface area contributed by atoms with Gasteiger partial charge in [-0.15, -0.1) is 0 Å². The van der Waals surface area contributed by atoms with Crippen LogP contribution in [-0.2, 0) is 6.54 Å². The lowest BCUT2D eigenvalue weighted by molar-refractivity contribution is 0.251. The highest BCUT2D eigenvalue weighted by Crippen LogP contribution is 2.27.